The number of ether oxygens (including phenoxy) is 1. The molecule has 0 amide bonds. The molecular formula is C10H10F3NOS. The Balaban J connectivity index is 2.21. The molecule has 0 radical (unpaired) electrons. The van der Waals surface area contributed by atoms with Crippen molar-refractivity contribution >= 4 is 17.4 Å². The van der Waals surface area contributed by atoms with E-state index < -0.39 is 6.36 Å². The highest BCUT2D eigenvalue weighted by Gasteiger charge is 2.31. The van der Waals surface area contributed by atoms with Crippen molar-refractivity contribution in [2.24, 2.45) is 0 Å². The minimum absolute atomic E-state index is 0.164. The Morgan fingerprint density at radius 3 is 2.88 bits per heavy atom. The quantitative estimate of drug-likeness (QED) is 0.823. The third-order valence-corrected chi connectivity index (χ3v) is 3.22. The van der Waals surface area contributed by atoms with Gasteiger partial charge in [-0.2, -0.15) is 0 Å². The summed E-state index contributed by atoms with van der Waals surface area (Å²) in [6, 6.07) is 4.37. The molecule has 16 heavy (non-hydrogen) atoms. The molecule has 0 unspecified atom stereocenters. The molecule has 0 aromatic heterocycles. The van der Waals surface area contributed by atoms with Crippen molar-refractivity contribution in [2.45, 2.75) is 17.7 Å². The average molecular weight is 249 g/mol. The largest absolute Gasteiger partial charge is 0.573 e. The van der Waals surface area contributed by atoms with Gasteiger partial charge in [-0.3, -0.25) is 0 Å². The molecule has 1 aromatic rings. The summed E-state index contributed by atoms with van der Waals surface area (Å²) in [5.41, 5.74) is 0.872. The molecule has 1 heterocycles. The molecule has 6 heteroatoms. The summed E-state index contributed by atoms with van der Waals surface area (Å²) in [5.74, 6) is 0.734. The van der Waals surface area contributed by atoms with Crippen LogP contribution in [0.1, 0.15) is 6.42 Å². The number of halogens is 3. The monoisotopic (exact) mass is 249 g/mol. The highest BCUT2D eigenvalue weighted by molar-refractivity contribution is 7.99. The number of thioether (sulfide) groups is 1. The van der Waals surface area contributed by atoms with Crippen molar-refractivity contribution in [3.8, 4) is 5.75 Å². The first kappa shape index (κ1) is 11.4. The first-order chi connectivity index (χ1) is 7.54. The van der Waals surface area contributed by atoms with Gasteiger partial charge in [0.05, 0.1) is 0 Å². The van der Waals surface area contributed by atoms with Crippen molar-refractivity contribution in [2.75, 3.05) is 17.6 Å². The third kappa shape index (κ3) is 2.98. The maximum Gasteiger partial charge on any atom is 0.573 e. The second-order valence-electron chi connectivity index (χ2n) is 3.33. The van der Waals surface area contributed by atoms with E-state index in [1.54, 1.807) is 6.07 Å². The fraction of sp³-hybridized carbons (Fsp3) is 0.400. The van der Waals surface area contributed by atoms with Gasteiger partial charge in [-0.1, -0.05) is 0 Å². The van der Waals surface area contributed by atoms with Crippen LogP contribution in [0.25, 0.3) is 0 Å². The van der Waals surface area contributed by atoms with Gasteiger partial charge in [-0.25, -0.2) is 0 Å². The van der Waals surface area contributed by atoms with Crippen LogP contribution in [-0.2, 0) is 0 Å². The zero-order valence-corrected chi connectivity index (χ0v) is 9.12. The van der Waals surface area contributed by atoms with E-state index in [0.29, 0.717) is 0 Å². The van der Waals surface area contributed by atoms with Gasteiger partial charge < -0.3 is 10.1 Å². The van der Waals surface area contributed by atoms with E-state index in [0.717, 1.165) is 29.3 Å². The van der Waals surface area contributed by atoms with Crippen LogP contribution in [0.4, 0.5) is 18.9 Å². The minimum Gasteiger partial charge on any atom is -0.406 e. The van der Waals surface area contributed by atoms with Crippen molar-refractivity contribution in [3.05, 3.63) is 18.2 Å². The van der Waals surface area contributed by atoms with Gasteiger partial charge in [-0.15, -0.1) is 24.9 Å². The molecule has 0 aliphatic carbocycles. The van der Waals surface area contributed by atoms with E-state index in [1.807, 2.05) is 0 Å². The molecule has 1 N–H and O–H groups in total. The molecule has 2 rings (SSSR count). The van der Waals surface area contributed by atoms with Gasteiger partial charge in [0.25, 0.3) is 0 Å². The molecule has 0 spiro atoms. The standard InChI is InChI=1S/C10H10F3NOS/c11-10(12,13)15-7-2-3-8-9(6-7)16-5-1-4-14-8/h2-3,6,14H,1,4-5H2. The third-order valence-electron chi connectivity index (χ3n) is 2.08. The maximum absolute atomic E-state index is 12.0. The lowest BCUT2D eigenvalue weighted by molar-refractivity contribution is -0.274. The van der Waals surface area contributed by atoms with E-state index in [9.17, 15) is 13.2 Å². The topological polar surface area (TPSA) is 21.3 Å². The van der Waals surface area contributed by atoms with Gasteiger partial charge in [-0.05, 0) is 30.4 Å². The second-order valence-corrected chi connectivity index (χ2v) is 4.47. The first-order valence-electron chi connectivity index (χ1n) is 4.81. The SMILES string of the molecule is FC(F)(F)Oc1ccc2c(c1)SCCCN2. The van der Waals surface area contributed by atoms with Crippen LogP contribution in [0.2, 0.25) is 0 Å². The summed E-state index contributed by atoms with van der Waals surface area (Å²) in [5, 5.41) is 3.16. The molecule has 1 aliphatic heterocycles. The molecular weight excluding hydrogens is 239 g/mol. The van der Waals surface area contributed by atoms with Gasteiger partial charge in [0.15, 0.2) is 0 Å². The summed E-state index contributed by atoms with van der Waals surface area (Å²) < 4.78 is 39.9. The molecule has 0 saturated heterocycles. The lowest BCUT2D eigenvalue weighted by Gasteiger charge is -2.12. The fourth-order valence-electron chi connectivity index (χ4n) is 1.44. The van der Waals surface area contributed by atoms with Gasteiger partial charge >= 0.3 is 6.36 Å². The van der Waals surface area contributed by atoms with Gasteiger partial charge in [0.2, 0.25) is 0 Å². The van der Waals surface area contributed by atoms with Crippen molar-refractivity contribution in [1.29, 1.82) is 0 Å². The van der Waals surface area contributed by atoms with Crippen LogP contribution in [0.5, 0.6) is 5.75 Å². The summed E-state index contributed by atoms with van der Waals surface area (Å²) in [4.78, 5) is 0.805. The average Bonchev–Trinajstić information content (AvgIpc) is 2.39. The van der Waals surface area contributed by atoms with E-state index in [1.165, 1.54) is 23.9 Å². The normalized spacial score (nSPS) is 15.9. The molecule has 0 atom stereocenters. The van der Waals surface area contributed by atoms with E-state index >= 15 is 0 Å². The Morgan fingerprint density at radius 1 is 1.31 bits per heavy atom. The lowest BCUT2D eigenvalue weighted by atomic mass is 10.3. The Labute approximate surface area is 95.2 Å². The number of benzene rings is 1. The minimum atomic E-state index is -4.63. The Bertz CT molecular complexity index is 381. The number of anilines is 1. The Morgan fingerprint density at radius 2 is 2.12 bits per heavy atom. The fourth-order valence-corrected chi connectivity index (χ4v) is 2.45. The summed E-state index contributed by atoms with van der Waals surface area (Å²) >= 11 is 1.54. The van der Waals surface area contributed by atoms with Crippen molar-refractivity contribution in [3.63, 3.8) is 0 Å². The Kier molecular flexibility index (Phi) is 3.18. The summed E-state index contributed by atoms with van der Waals surface area (Å²) in [6.45, 7) is 0.847. The summed E-state index contributed by atoms with van der Waals surface area (Å²) in [6.07, 6.45) is -3.63. The first-order valence-corrected chi connectivity index (χ1v) is 5.80. The molecule has 2 nitrogen and oxygen atoms in total. The maximum atomic E-state index is 12.0. The molecule has 88 valence electrons. The number of hydrogen-bond donors (Lipinski definition) is 1. The van der Waals surface area contributed by atoms with E-state index in [2.05, 4.69) is 10.1 Å². The molecule has 0 fully saturated rings. The highest BCUT2D eigenvalue weighted by Crippen LogP contribution is 2.35. The number of hydrogen-bond acceptors (Lipinski definition) is 3. The number of alkyl halides is 3. The van der Waals surface area contributed by atoms with Crippen molar-refractivity contribution < 1.29 is 17.9 Å². The number of fused-ring (bicyclic) bond motifs is 1. The number of nitrogens with one attached hydrogen (secondary N) is 1. The van der Waals surface area contributed by atoms with E-state index in [-0.39, 0.29) is 5.75 Å². The lowest BCUT2D eigenvalue weighted by Crippen LogP contribution is -2.17. The Hall–Kier alpha value is -1.04. The smallest absolute Gasteiger partial charge is 0.406 e. The predicted molar refractivity (Wildman–Crippen MR) is 57.0 cm³/mol. The molecule has 0 bridgehead atoms. The van der Waals surface area contributed by atoms with Gasteiger partial charge in [0.1, 0.15) is 5.75 Å². The molecule has 1 aromatic carbocycles. The van der Waals surface area contributed by atoms with Crippen LogP contribution in [-0.4, -0.2) is 18.7 Å². The number of rotatable bonds is 1. The zero-order valence-electron chi connectivity index (χ0n) is 8.30. The zero-order chi connectivity index (χ0) is 11.6. The molecule has 1 aliphatic rings. The van der Waals surface area contributed by atoms with Crippen LogP contribution >= 0.6 is 11.8 Å². The predicted octanol–water partition coefficient (Wildman–Crippen LogP) is 3.49. The van der Waals surface area contributed by atoms with E-state index in [4.69, 9.17) is 0 Å². The second kappa shape index (κ2) is 4.45. The summed E-state index contributed by atoms with van der Waals surface area (Å²) in [7, 11) is 0. The van der Waals surface area contributed by atoms with Crippen molar-refractivity contribution in [1.82, 2.24) is 0 Å². The van der Waals surface area contributed by atoms with Crippen LogP contribution in [0.3, 0.4) is 0 Å². The van der Waals surface area contributed by atoms with Crippen LogP contribution < -0.4 is 10.1 Å². The van der Waals surface area contributed by atoms with Gasteiger partial charge in [0, 0.05) is 17.1 Å². The molecule has 0 saturated carbocycles. The highest BCUT2D eigenvalue weighted by atomic mass is 32.2. The van der Waals surface area contributed by atoms with Crippen LogP contribution in [0, 0.1) is 0 Å². The van der Waals surface area contributed by atoms with Crippen LogP contribution in [0.15, 0.2) is 23.1 Å².